The van der Waals surface area contributed by atoms with E-state index in [0.717, 1.165) is 13.1 Å². The lowest BCUT2D eigenvalue weighted by Gasteiger charge is -2.31. The summed E-state index contributed by atoms with van der Waals surface area (Å²) in [7, 11) is -1.73. The van der Waals surface area contributed by atoms with Gasteiger partial charge >= 0.3 is 0 Å². The van der Waals surface area contributed by atoms with E-state index in [2.05, 4.69) is 117 Å². The molecule has 3 aromatic carbocycles. The molecule has 0 radical (unpaired) electrons. The Hall–Kier alpha value is -2.48. The van der Waals surface area contributed by atoms with E-state index in [-0.39, 0.29) is 0 Å². The van der Waals surface area contributed by atoms with Crippen LogP contribution >= 0.6 is 7.26 Å². The van der Waals surface area contributed by atoms with Crippen LogP contribution in [0.25, 0.3) is 0 Å². The summed E-state index contributed by atoms with van der Waals surface area (Å²) in [6.07, 6.45) is 1.11. The summed E-state index contributed by atoms with van der Waals surface area (Å²) in [5.41, 5.74) is 0. The molecule has 4 heteroatoms. The standard InChI is InChI=1S/C24H29NP.C2H4O2/c1-20(2)25-21(3)19-26(22-13-7-4-8-14-22,23-15-9-5-10-16-23)24-17-11-6-12-18-24;1-2(3)4/h4-18,20-21,25H,19H2,1-3H3;1H3,(H,3,4)/q+1;/p-1. The van der Waals surface area contributed by atoms with Crippen molar-refractivity contribution in [2.24, 2.45) is 0 Å². The normalized spacial score (nSPS) is 12.0. The average molecular weight is 422 g/mol. The Morgan fingerprint density at radius 2 is 1.07 bits per heavy atom. The lowest BCUT2D eigenvalue weighted by Crippen LogP contribution is -2.42. The van der Waals surface area contributed by atoms with Gasteiger partial charge in [-0.25, -0.2) is 0 Å². The summed E-state index contributed by atoms with van der Waals surface area (Å²) >= 11 is 0. The Morgan fingerprint density at radius 3 is 1.33 bits per heavy atom. The first-order valence-electron chi connectivity index (χ1n) is 10.3. The highest BCUT2D eigenvalue weighted by Gasteiger charge is 2.46. The highest BCUT2D eigenvalue weighted by Crippen LogP contribution is 2.55. The molecule has 0 saturated heterocycles. The van der Waals surface area contributed by atoms with Crippen molar-refractivity contribution in [2.45, 2.75) is 39.8 Å². The molecule has 3 rings (SSSR count). The van der Waals surface area contributed by atoms with Crippen molar-refractivity contribution in [3.05, 3.63) is 91.0 Å². The van der Waals surface area contributed by atoms with Gasteiger partial charge in [0.15, 0.2) is 0 Å². The second-order valence-electron chi connectivity index (χ2n) is 7.71. The fourth-order valence-electron chi connectivity index (χ4n) is 3.84. The van der Waals surface area contributed by atoms with Crippen LogP contribution in [0.2, 0.25) is 0 Å². The van der Waals surface area contributed by atoms with Gasteiger partial charge in [-0.3, -0.25) is 0 Å². The van der Waals surface area contributed by atoms with Gasteiger partial charge in [0.25, 0.3) is 0 Å². The zero-order chi connectivity index (χ0) is 22.0. The summed E-state index contributed by atoms with van der Waals surface area (Å²) in [5.74, 6) is -1.08. The number of carboxylic acids is 1. The number of carbonyl (C=O) groups excluding carboxylic acids is 1. The van der Waals surface area contributed by atoms with E-state index in [4.69, 9.17) is 9.90 Å². The number of hydrogen-bond acceptors (Lipinski definition) is 3. The van der Waals surface area contributed by atoms with Gasteiger partial charge in [0.1, 0.15) is 23.2 Å². The van der Waals surface area contributed by atoms with Gasteiger partial charge < -0.3 is 15.2 Å². The SMILES string of the molecule is CC(=O)[O-].CC(C)NC(C)C[P+](c1ccccc1)(c1ccccc1)c1ccccc1. The molecule has 0 saturated carbocycles. The summed E-state index contributed by atoms with van der Waals surface area (Å²) in [6.45, 7) is 7.75. The number of carboxylic acid groups (broad SMARTS) is 1. The predicted octanol–water partition coefficient (Wildman–Crippen LogP) is 3.12. The molecular formula is C26H32NO2P. The molecule has 0 aliphatic carbocycles. The highest BCUT2D eigenvalue weighted by atomic mass is 31.2. The van der Waals surface area contributed by atoms with Crippen molar-refractivity contribution in [3.63, 3.8) is 0 Å². The molecule has 30 heavy (non-hydrogen) atoms. The molecule has 3 aromatic rings. The number of rotatable bonds is 7. The number of aliphatic carboxylic acids is 1. The number of benzene rings is 3. The predicted molar refractivity (Wildman–Crippen MR) is 128 cm³/mol. The minimum absolute atomic E-state index is 0.434. The van der Waals surface area contributed by atoms with Crippen LogP contribution in [0, 0.1) is 0 Å². The molecule has 1 N–H and O–H groups in total. The van der Waals surface area contributed by atoms with Gasteiger partial charge in [-0.05, 0) is 50.2 Å². The van der Waals surface area contributed by atoms with Crippen molar-refractivity contribution in [2.75, 3.05) is 6.16 Å². The topological polar surface area (TPSA) is 52.2 Å². The van der Waals surface area contributed by atoms with Gasteiger partial charge in [-0.15, -0.1) is 0 Å². The highest BCUT2D eigenvalue weighted by molar-refractivity contribution is 7.95. The van der Waals surface area contributed by atoms with E-state index in [9.17, 15) is 0 Å². The Kier molecular flexibility index (Phi) is 9.23. The Labute approximate surface area is 181 Å². The first-order chi connectivity index (χ1) is 14.4. The lowest BCUT2D eigenvalue weighted by atomic mass is 10.3. The minimum atomic E-state index is -1.73. The van der Waals surface area contributed by atoms with E-state index in [1.54, 1.807) is 0 Å². The van der Waals surface area contributed by atoms with E-state index < -0.39 is 13.2 Å². The zero-order valence-electron chi connectivity index (χ0n) is 18.3. The molecular weight excluding hydrogens is 389 g/mol. The van der Waals surface area contributed by atoms with Crippen LogP contribution in [0.15, 0.2) is 91.0 Å². The van der Waals surface area contributed by atoms with Crippen molar-refractivity contribution in [1.82, 2.24) is 5.32 Å². The monoisotopic (exact) mass is 421 g/mol. The molecule has 1 atom stereocenters. The molecule has 0 aliphatic rings. The molecule has 0 heterocycles. The number of hydrogen-bond donors (Lipinski definition) is 1. The maximum atomic E-state index is 8.89. The second-order valence-corrected chi connectivity index (χ2v) is 11.2. The molecule has 158 valence electrons. The van der Waals surface area contributed by atoms with Crippen molar-refractivity contribution >= 4 is 29.1 Å². The summed E-state index contributed by atoms with van der Waals surface area (Å²) in [5, 5.41) is 17.0. The molecule has 0 spiro atoms. The van der Waals surface area contributed by atoms with Crippen molar-refractivity contribution < 1.29 is 9.90 Å². The van der Waals surface area contributed by atoms with E-state index in [0.29, 0.717) is 12.1 Å². The van der Waals surface area contributed by atoms with Crippen LogP contribution in [0.5, 0.6) is 0 Å². The first kappa shape index (κ1) is 23.8. The quantitative estimate of drug-likeness (QED) is 0.597. The van der Waals surface area contributed by atoms with Gasteiger partial charge in [-0.1, -0.05) is 68.4 Å². The number of carbonyl (C=O) groups is 1. The van der Waals surface area contributed by atoms with Crippen LogP contribution in [-0.2, 0) is 4.79 Å². The largest absolute Gasteiger partial charge is 0.550 e. The number of nitrogens with one attached hydrogen (secondary N) is 1. The van der Waals surface area contributed by atoms with E-state index in [1.165, 1.54) is 15.9 Å². The molecule has 0 aromatic heterocycles. The summed E-state index contributed by atoms with van der Waals surface area (Å²) in [4.78, 5) is 8.89. The maximum absolute atomic E-state index is 8.89. The Bertz CT molecular complexity index is 782. The second kappa shape index (κ2) is 11.6. The third kappa shape index (κ3) is 6.52. The molecule has 1 unspecified atom stereocenters. The van der Waals surface area contributed by atoms with Gasteiger partial charge in [0.05, 0.1) is 6.16 Å². The summed E-state index contributed by atoms with van der Waals surface area (Å²) < 4.78 is 0. The van der Waals surface area contributed by atoms with Crippen molar-refractivity contribution in [1.29, 1.82) is 0 Å². The fourth-order valence-corrected chi connectivity index (χ4v) is 8.34. The van der Waals surface area contributed by atoms with Crippen LogP contribution < -0.4 is 26.3 Å². The van der Waals surface area contributed by atoms with Crippen LogP contribution in [0.4, 0.5) is 0 Å². The average Bonchev–Trinajstić information content (AvgIpc) is 2.73. The van der Waals surface area contributed by atoms with E-state index >= 15 is 0 Å². The molecule has 0 aliphatic heterocycles. The third-order valence-electron chi connectivity index (χ3n) is 4.76. The molecule has 3 nitrogen and oxygen atoms in total. The minimum Gasteiger partial charge on any atom is -0.550 e. The van der Waals surface area contributed by atoms with Crippen LogP contribution in [0.3, 0.4) is 0 Å². The zero-order valence-corrected chi connectivity index (χ0v) is 19.2. The first-order valence-corrected chi connectivity index (χ1v) is 12.3. The smallest absolute Gasteiger partial charge is 0.113 e. The van der Waals surface area contributed by atoms with Crippen LogP contribution in [0.1, 0.15) is 27.7 Å². The maximum Gasteiger partial charge on any atom is 0.113 e. The van der Waals surface area contributed by atoms with Crippen LogP contribution in [-0.4, -0.2) is 24.2 Å². The third-order valence-corrected chi connectivity index (χ3v) is 9.39. The van der Waals surface area contributed by atoms with Crippen molar-refractivity contribution in [3.8, 4) is 0 Å². The van der Waals surface area contributed by atoms with E-state index in [1.807, 2.05) is 0 Å². The lowest BCUT2D eigenvalue weighted by molar-refractivity contribution is -0.302. The molecule has 0 bridgehead atoms. The van der Waals surface area contributed by atoms with Gasteiger partial charge in [0, 0.05) is 18.1 Å². The Balaban J connectivity index is 0.000000735. The summed E-state index contributed by atoms with van der Waals surface area (Å²) in [6, 6.07) is 34.2. The fraction of sp³-hybridized carbons (Fsp3) is 0.269. The molecule has 0 fully saturated rings. The molecule has 0 amide bonds. The van der Waals surface area contributed by atoms with Gasteiger partial charge in [-0.2, -0.15) is 0 Å². The Morgan fingerprint density at radius 1 is 0.767 bits per heavy atom. The van der Waals surface area contributed by atoms with Gasteiger partial charge in [0.2, 0.25) is 0 Å².